The van der Waals surface area contributed by atoms with Crippen molar-refractivity contribution in [1.82, 2.24) is 9.21 Å². The summed E-state index contributed by atoms with van der Waals surface area (Å²) in [6, 6.07) is -0.345. The van der Waals surface area contributed by atoms with Crippen molar-refractivity contribution in [3.05, 3.63) is 73.3 Å². The second-order valence-electron chi connectivity index (χ2n) is 5.62. The van der Waals surface area contributed by atoms with Crippen LogP contribution in [0.2, 0.25) is 0 Å². The van der Waals surface area contributed by atoms with Crippen molar-refractivity contribution < 1.29 is 18.3 Å². The highest BCUT2D eigenvalue weighted by molar-refractivity contribution is 7.89. The lowest BCUT2D eigenvalue weighted by molar-refractivity contribution is -0.129. The number of hydrogen-bond donors (Lipinski definition) is 1. The normalized spacial score (nSPS) is 20.6. The number of aliphatic hydroxyl groups excluding tert-OH is 1. The predicted octanol–water partition coefficient (Wildman–Crippen LogP) is 2.64. The zero-order valence-electron chi connectivity index (χ0n) is 14.6. The molecule has 0 bridgehead atoms. The number of piperazine rings is 1. The molecule has 1 heterocycles. The Labute approximate surface area is 149 Å². The van der Waals surface area contributed by atoms with E-state index in [1.807, 2.05) is 0 Å². The molecule has 0 saturated carbocycles. The zero-order valence-corrected chi connectivity index (χ0v) is 15.4. The van der Waals surface area contributed by atoms with Gasteiger partial charge in [0.15, 0.2) is 0 Å². The number of allylic oxidation sites excluding steroid dienone is 5. The van der Waals surface area contributed by atoms with Crippen LogP contribution in [0.4, 0.5) is 0 Å². The van der Waals surface area contributed by atoms with Crippen molar-refractivity contribution in [3.8, 4) is 0 Å². The van der Waals surface area contributed by atoms with E-state index in [-0.39, 0.29) is 24.2 Å². The quantitative estimate of drug-likeness (QED) is 0.580. The predicted molar refractivity (Wildman–Crippen MR) is 99.9 cm³/mol. The molecule has 1 fully saturated rings. The summed E-state index contributed by atoms with van der Waals surface area (Å²) in [5.74, 6) is -0.496. The molecule has 1 aliphatic rings. The van der Waals surface area contributed by atoms with Gasteiger partial charge >= 0.3 is 0 Å². The summed E-state index contributed by atoms with van der Waals surface area (Å²) in [5.41, 5.74) is 0.998. The fraction of sp³-hybridized carbons (Fsp3) is 0.278. The average molecular weight is 364 g/mol. The highest BCUT2D eigenvalue weighted by Gasteiger charge is 2.37. The van der Waals surface area contributed by atoms with Crippen molar-refractivity contribution in [1.29, 1.82) is 0 Å². The van der Waals surface area contributed by atoms with Crippen molar-refractivity contribution in [2.45, 2.75) is 19.9 Å². The van der Waals surface area contributed by atoms with Crippen LogP contribution >= 0.6 is 0 Å². The first kappa shape index (κ1) is 20.5. The molecule has 1 N–H and O–H groups in total. The van der Waals surface area contributed by atoms with Crippen LogP contribution in [0.15, 0.2) is 73.3 Å². The highest BCUT2D eigenvalue weighted by atomic mass is 32.2. The molecule has 1 atom stereocenters. The van der Waals surface area contributed by atoms with Crippen LogP contribution in [0, 0.1) is 0 Å². The maximum absolute atomic E-state index is 12.8. The van der Waals surface area contributed by atoms with Gasteiger partial charge in [0.05, 0.1) is 36.0 Å². The van der Waals surface area contributed by atoms with E-state index in [0.29, 0.717) is 17.0 Å². The molecule has 0 spiro atoms. The van der Waals surface area contributed by atoms with Crippen LogP contribution in [0.25, 0.3) is 0 Å². The first-order valence-corrected chi connectivity index (χ1v) is 9.24. The Morgan fingerprint density at radius 1 is 1.40 bits per heavy atom. The van der Waals surface area contributed by atoms with Gasteiger partial charge in [0, 0.05) is 6.92 Å². The molecule has 0 aromatic heterocycles. The Bertz CT molecular complexity index is 760. The topological polar surface area (TPSA) is 77.9 Å². The first-order valence-electron chi connectivity index (χ1n) is 7.63. The summed E-state index contributed by atoms with van der Waals surface area (Å²) in [5, 5.41) is 8.59. The number of rotatable bonds is 6. The van der Waals surface area contributed by atoms with Gasteiger partial charge in [-0.25, -0.2) is 8.42 Å². The number of carbonyl (C=O) groups excluding carboxylic acids is 1. The Hall–Kier alpha value is -2.54. The molecule has 25 heavy (non-hydrogen) atoms. The van der Waals surface area contributed by atoms with Gasteiger partial charge in [-0.1, -0.05) is 38.0 Å². The fourth-order valence-electron chi connectivity index (χ4n) is 2.61. The molecule has 0 radical (unpaired) electrons. The molecule has 7 heteroatoms. The fourth-order valence-corrected chi connectivity index (χ4v) is 4.24. The van der Waals surface area contributed by atoms with Crippen LogP contribution in [-0.2, 0) is 14.8 Å². The summed E-state index contributed by atoms with van der Waals surface area (Å²) in [4.78, 5) is 13.3. The molecule has 0 aromatic rings. The standard InChI is InChI=1S/C18H24N2O4S/c1-6-9-18-16(4)20(17(5)22)15(3)12-19(18)25(23,24)13-14(2)10-7-8-11-21/h6-11,15,21H,1-2,4,12-13H2,3,5H3/b10-7-,11-8+,18-9+. The minimum absolute atomic E-state index is 0.119. The van der Waals surface area contributed by atoms with Crippen LogP contribution in [0.5, 0.6) is 0 Å². The van der Waals surface area contributed by atoms with Crippen LogP contribution in [0.1, 0.15) is 13.8 Å². The number of amides is 1. The van der Waals surface area contributed by atoms with Gasteiger partial charge in [-0.15, -0.1) is 0 Å². The molecule has 1 saturated heterocycles. The van der Waals surface area contributed by atoms with Crippen molar-refractivity contribution in [2.24, 2.45) is 0 Å². The van der Waals surface area contributed by atoms with Crippen LogP contribution < -0.4 is 0 Å². The molecule has 6 nitrogen and oxygen atoms in total. The number of nitrogens with zero attached hydrogens (tertiary/aromatic N) is 2. The summed E-state index contributed by atoms with van der Waals surface area (Å²) in [6.45, 7) is 14.5. The van der Waals surface area contributed by atoms with Gasteiger partial charge < -0.3 is 10.0 Å². The Balaban J connectivity index is 3.18. The maximum Gasteiger partial charge on any atom is 0.239 e. The summed E-state index contributed by atoms with van der Waals surface area (Å²) in [6.07, 6.45) is 8.18. The molecule has 1 rings (SSSR count). The van der Waals surface area contributed by atoms with Gasteiger partial charge in [-0.05, 0) is 24.6 Å². The second-order valence-corrected chi connectivity index (χ2v) is 7.51. The van der Waals surface area contributed by atoms with Crippen molar-refractivity contribution in [2.75, 3.05) is 12.3 Å². The van der Waals surface area contributed by atoms with Crippen molar-refractivity contribution >= 4 is 15.9 Å². The van der Waals surface area contributed by atoms with E-state index in [0.717, 1.165) is 6.26 Å². The largest absolute Gasteiger partial charge is 0.516 e. The monoisotopic (exact) mass is 364 g/mol. The van der Waals surface area contributed by atoms with Gasteiger partial charge in [0.25, 0.3) is 0 Å². The third kappa shape index (κ3) is 4.96. The number of sulfonamides is 1. The van der Waals surface area contributed by atoms with Crippen LogP contribution in [-0.4, -0.2) is 47.0 Å². The van der Waals surface area contributed by atoms with E-state index < -0.39 is 10.0 Å². The molecular formula is C18H24N2O4S. The molecular weight excluding hydrogens is 340 g/mol. The Kier molecular flexibility index (Phi) is 6.99. The molecule has 1 aliphatic heterocycles. The highest BCUT2D eigenvalue weighted by Crippen LogP contribution is 2.30. The average Bonchev–Trinajstić information content (AvgIpc) is 2.49. The van der Waals surface area contributed by atoms with Gasteiger partial charge in [0.1, 0.15) is 0 Å². The lowest BCUT2D eigenvalue weighted by Gasteiger charge is -2.42. The number of aliphatic hydroxyl groups is 1. The van der Waals surface area contributed by atoms with Gasteiger partial charge in [-0.2, -0.15) is 0 Å². The number of hydrogen-bond acceptors (Lipinski definition) is 4. The summed E-state index contributed by atoms with van der Waals surface area (Å²) < 4.78 is 26.9. The molecule has 0 aliphatic carbocycles. The number of carbonyl (C=O) groups is 1. The van der Waals surface area contributed by atoms with Crippen molar-refractivity contribution in [3.63, 3.8) is 0 Å². The maximum atomic E-state index is 12.8. The second kappa shape index (κ2) is 8.53. The Morgan fingerprint density at radius 3 is 2.56 bits per heavy atom. The van der Waals surface area contributed by atoms with Crippen LogP contribution in [0.3, 0.4) is 0 Å². The zero-order chi connectivity index (χ0) is 19.2. The summed E-state index contributed by atoms with van der Waals surface area (Å²) >= 11 is 0. The molecule has 1 amide bonds. The Morgan fingerprint density at radius 2 is 2.04 bits per heavy atom. The lowest BCUT2D eigenvalue weighted by atomic mass is 10.1. The van der Waals surface area contributed by atoms with E-state index in [2.05, 4.69) is 19.7 Å². The molecule has 136 valence electrons. The minimum Gasteiger partial charge on any atom is -0.516 e. The third-order valence-electron chi connectivity index (χ3n) is 3.57. The minimum atomic E-state index is -3.72. The first-order chi connectivity index (χ1) is 11.7. The van der Waals surface area contributed by atoms with E-state index >= 15 is 0 Å². The smallest absolute Gasteiger partial charge is 0.239 e. The summed E-state index contributed by atoms with van der Waals surface area (Å²) in [7, 11) is -3.72. The van der Waals surface area contributed by atoms with E-state index in [1.165, 1.54) is 46.5 Å². The third-order valence-corrected chi connectivity index (χ3v) is 5.33. The van der Waals surface area contributed by atoms with Gasteiger partial charge in [0.2, 0.25) is 15.9 Å². The van der Waals surface area contributed by atoms with E-state index in [9.17, 15) is 13.2 Å². The van der Waals surface area contributed by atoms with E-state index in [4.69, 9.17) is 5.11 Å². The van der Waals surface area contributed by atoms with Gasteiger partial charge in [-0.3, -0.25) is 9.10 Å². The molecule has 1 unspecified atom stereocenters. The SMILES string of the molecule is C=C/C=C1\C(=C)N(C(C)=O)C(C)CN1S(=O)(=O)CC(=C)/C=C\C=C\O. The van der Waals surface area contributed by atoms with E-state index in [1.54, 1.807) is 6.92 Å². The lowest BCUT2D eigenvalue weighted by Crippen LogP contribution is -2.52. The molecule has 0 aromatic carbocycles.